The monoisotopic (exact) mass is 299 g/mol. The van der Waals surface area contributed by atoms with E-state index in [0.717, 1.165) is 23.0 Å². The largest absolute Gasteiger partial charge is 0.348 e. The molecule has 0 saturated heterocycles. The zero-order valence-electron chi connectivity index (χ0n) is 12.3. The van der Waals surface area contributed by atoms with Crippen LogP contribution in [-0.4, -0.2) is 15.0 Å². The molecule has 22 heavy (non-hydrogen) atoms. The normalized spacial score (nSPS) is 16.3. The minimum Gasteiger partial charge on any atom is -0.348 e. The van der Waals surface area contributed by atoms with Crippen molar-refractivity contribution in [3.05, 3.63) is 68.5 Å². The van der Waals surface area contributed by atoms with Crippen LogP contribution in [-0.2, 0) is 24.8 Å². The highest BCUT2D eigenvalue weighted by molar-refractivity contribution is 5.76. The van der Waals surface area contributed by atoms with Gasteiger partial charge in [-0.1, -0.05) is 24.3 Å². The molecule has 1 atom stereocenters. The van der Waals surface area contributed by atoms with Gasteiger partial charge in [0, 0.05) is 19.3 Å². The zero-order chi connectivity index (χ0) is 15.7. The number of amides is 1. The van der Waals surface area contributed by atoms with E-state index in [0.29, 0.717) is 0 Å². The summed E-state index contributed by atoms with van der Waals surface area (Å²) in [5, 5.41) is 2.96. The SMILES string of the molecule is Cn1c(=O)ccn(CC(=O)N[C@H]2CCc3ccccc32)c1=O. The second-order valence-electron chi connectivity index (χ2n) is 5.48. The molecule has 0 bridgehead atoms. The quantitative estimate of drug-likeness (QED) is 0.889. The summed E-state index contributed by atoms with van der Waals surface area (Å²) < 4.78 is 2.22. The standard InChI is InChI=1S/C16H17N3O3/c1-18-15(21)8-9-19(16(18)22)10-14(20)17-13-7-6-11-4-2-3-5-12(11)13/h2-5,8-9,13H,6-7,10H2,1H3,(H,17,20)/t13-/m0/s1. The molecule has 1 aliphatic rings. The Morgan fingerprint density at radius 1 is 1.27 bits per heavy atom. The predicted octanol–water partition coefficient (Wildman–Crippen LogP) is 0.351. The number of rotatable bonds is 3. The average Bonchev–Trinajstić information content (AvgIpc) is 2.91. The van der Waals surface area contributed by atoms with Gasteiger partial charge in [0.05, 0.1) is 6.04 Å². The molecule has 0 fully saturated rings. The summed E-state index contributed by atoms with van der Waals surface area (Å²) in [4.78, 5) is 35.4. The van der Waals surface area contributed by atoms with E-state index in [2.05, 4.69) is 11.4 Å². The first kappa shape index (κ1) is 14.3. The number of nitrogens with one attached hydrogen (secondary N) is 1. The molecule has 1 amide bonds. The summed E-state index contributed by atoms with van der Waals surface area (Å²) in [6.45, 7) is -0.0916. The number of benzene rings is 1. The van der Waals surface area contributed by atoms with Crippen molar-refractivity contribution in [2.24, 2.45) is 7.05 Å². The average molecular weight is 299 g/mol. The van der Waals surface area contributed by atoms with Gasteiger partial charge < -0.3 is 5.32 Å². The molecule has 0 aliphatic heterocycles. The number of aryl methyl sites for hydroxylation is 1. The van der Waals surface area contributed by atoms with Gasteiger partial charge in [0.2, 0.25) is 5.91 Å². The van der Waals surface area contributed by atoms with Crippen LogP contribution in [0.5, 0.6) is 0 Å². The van der Waals surface area contributed by atoms with E-state index in [9.17, 15) is 14.4 Å². The Hall–Kier alpha value is -2.63. The van der Waals surface area contributed by atoms with Crippen LogP contribution >= 0.6 is 0 Å². The van der Waals surface area contributed by atoms with Gasteiger partial charge in [-0.05, 0) is 24.0 Å². The summed E-state index contributed by atoms with van der Waals surface area (Å²) in [7, 11) is 1.40. The third kappa shape index (κ3) is 2.59. The van der Waals surface area contributed by atoms with Gasteiger partial charge in [-0.15, -0.1) is 0 Å². The molecule has 6 nitrogen and oxygen atoms in total. The Morgan fingerprint density at radius 3 is 2.86 bits per heavy atom. The number of carbonyl (C=O) groups is 1. The van der Waals surface area contributed by atoms with E-state index in [4.69, 9.17) is 0 Å². The lowest BCUT2D eigenvalue weighted by Gasteiger charge is -2.15. The number of fused-ring (bicyclic) bond motifs is 1. The molecule has 0 saturated carbocycles. The molecule has 6 heteroatoms. The maximum atomic E-state index is 12.2. The van der Waals surface area contributed by atoms with Crippen LogP contribution in [0.25, 0.3) is 0 Å². The van der Waals surface area contributed by atoms with E-state index < -0.39 is 5.69 Å². The highest BCUT2D eigenvalue weighted by Gasteiger charge is 2.23. The highest BCUT2D eigenvalue weighted by atomic mass is 16.2. The molecule has 2 aromatic rings. The summed E-state index contributed by atoms with van der Waals surface area (Å²) in [6, 6.07) is 9.31. The Morgan fingerprint density at radius 2 is 2.05 bits per heavy atom. The lowest BCUT2D eigenvalue weighted by Crippen LogP contribution is -2.40. The van der Waals surface area contributed by atoms with E-state index in [-0.39, 0.29) is 24.1 Å². The second kappa shape index (κ2) is 5.63. The van der Waals surface area contributed by atoms with Crippen molar-refractivity contribution in [1.82, 2.24) is 14.5 Å². The van der Waals surface area contributed by atoms with Crippen molar-refractivity contribution < 1.29 is 4.79 Å². The molecule has 0 radical (unpaired) electrons. The van der Waals surface area contributed by atoms with E-state index in [1.165, 1.54) is 29.4 Å². The van der Waals surface area contributed by atoms with E-state index in [1.807, 2.05) is 18.2 Å². The summed E-state index contributed by atoms with van der Waals surface area (Å²) in [6.07, 6.45) is 3.17. The van der Waals surface area contributed by atoms with Crippen molar-refractivity contribution in [1.29, 1.82) is 0 Å². The lowest BCUT2D eigenvalue weighted by atomic mass is 10.1. The number of aromatic nitrogens is 2. The first-order valence-electron chi connectivity index (χ1n) is 7.20. The topological polar surface area (TPSA) is 73.1 Å². The Labute approximate surface area is 127 Å². The molecule has 1 aromatic carbocycles. The highest BCUT2D eigenvalue weighted by Crippen LogP contribution is 2.30. The Bertz CT molecular complexity index is 835. The van der Waals surface area contributed by atoms with Crippen LogP contribution in [0, 0.1) is 0 Å². The van der Waals surface area contributed by atoms with E-state index in [1.54, 1.807) is 0 Å². The van der Waals surface area contributed by atoms with Gasteiger partial charge in [-0.3, -0.25) is 18.7 Å². The number of carbonyl (C=O) groups excluding carboxylic acids is 1. The van der Waals surface area contributed by atoms with Gasteiger partial charge in [-0.2, -0.15) is 0 Å². The fourth-order valence-corrected chi connectivity index (χ4v) is 2.84. The lowest BCUT2D eigenvalue weighted by molar-refractivity contribution is -0.122. The number of nitrogens with zero attached hydrogens (tertiary/aromatic N) is 2. The molecule has 3 rings (SSSR count). The minimum atomic E-state index is -0.491. The molecule has 114 valence electrons. The maximum Gasteiger partial charge on any atom is 0.331 e. The van der Waals surface area contributed by atoms with Crippen LogP contribution in [0.2, 0.25) is 0 Å². The van der Waals surface area contributed by atoms with Crippen LogP contribution < -0.4 is 16.6 Å². The summed E-state index contributed by atoms with van der Waals surface area (Å²) >= 11 is 0. The van der Waals surface area contributed by atoms with Crippen LogP contribution in [0.4, 0.5) is 0 Å². The molecule has 1 aliphatic carbocycles. The van der Waals surface area contributed by atoms with Crippen LogP contribution in [0.15, 0.2) is 46.1 Å². The fraction of sp³-hybridized carbons (Fsp3) is 0.312. The van der Waals surface area contributed by atoms with Crippen molar-refractivity contribution in [2.45, 2.75) is 25.4 Å². The molecule has 1 heterocycles. The van der Waals surface area contributed by atoms with Gasteiger partial charge in [0.15, 0.2) is 0 Å². The second-order valence-corrected chi connectivity index (χ2v) is 5.48. The smallest absolute Gasteiger partial charge is 0.331 e. The van der Waals surface area contributed by atoms with Gasteiger partial charge in [-0.25, -0.2) is 4.79 Å². The molecular formula is C16H17N3O3. The predicted molar refractivity (Wildman–Crippen MR) is 81.6 cm³/mol. The zero-order valence-corrected chi connectivity index (χ0v) is 12.3. The van der Waals surface area contributed by atoms with Gasteiger partial charge >= 0.3 is 5.69 Å². The van der Waals surface area contributed by atoms with Crippen molar-refractivity contribution in [3.63, 3.8) is 0 Å². The first-order valence-corrected chi connectivity index (χ1v) is 7.20. The van der Waals surface area contributed by atoms with Gasteiger partial charge in [0.1, 0.15) is 6.54 Å². The van der Waals surface area contributed by atoms with Crippen molar-refractivity contribution in [3.8, 4) is 0 Å². The number of hydrogen-bond acceptors (Lipinski definition) is 3. The fourth-order valence-electron chi connectivity index (χ4n) is 2.84. The van der Waals surface area contributed by atoms with Crippen LogP contribution in [0.1, 0.15) is 23.6 Å². The third-order valence-electron chi connectivity index (χ3n) is 4.04. The number of hydrogen-bond donors (Lipinski definition) is 1. The minimum absolute atomic E-state index is 0.00747. The first-order chi connectivity index (χ1) is 10.6. The molecule has 0 unspecified atom stereocenters. The van der Waals surface area contributed by atoms with Crippen molar-refractivity contribution >= 4 is 5.91 Å². The molecule has 1 N–H and O–H groups in total. The van der Waals surface area contributed by atoms with Crippen LogP contribution in [0.3, 0.4) is 0 Å². The van der Waals surface area contributed by atoms with Crippen molar-refractivity contribution in [2.75, 3.05) is 0 Å². The molecule has 1 aromatic heterocycles. The Kier molecular flexibility index (Phi) is 3.66. The third-order valence-corrected chi connectivity index (χ3v) is 4.04. The maximum absolute atomic E-state index is 12.2. The van der Waals surface area contributed by atoms with E-state index >= 15 is 0 Å². The molecular weight excluding hydrogens is 282 g/mol. The Balaban J connectivity index is 1.73. The summed E-state index contributed by atoms with van der Waals surface area (Å²) in [5.74, 6) is -0.234. The van der Waals surface area contributed by atoms with Gasteiger partial charge in [0.25, 0.3) is 5.56 Å². The molecule has 0 spiro atoms. The summed E-state index contributed by atoms with van der Waals surface area (Å²) in [5.41, 5.74) is 1.52.